The smallest absolute Gasteiger partial charge is 0.255 e. The normalized spacial score (nSPS) is 10.7. The van der Waals surface area contributed by atoms with Crippen molar-refractivity contribution < 1.29 is 9.59 Å². The molecule has 2 amide bonds. The van der Waals surface area contributed by atoms with Crippen LogP contribution < -0.4 is 10.6 Å². The zero-order valence-corrected chi connectivity index (χ0v) is 14.6. The van der Waals surface area contributed by atoms with E-state index in [1.54, 1.807) is 10.9 Å². The van der Waals surface area contributed by atoms with Crippen molar-refractivity contribution in [2.24, 2.45) is 0 Å². The third-order valence-corrected chi connectivity index (χ3v) is 3.59. The van der Waals surface area contributed by atoms with Crippen LogP contribution in [0.4, 0.5) is 0 Å². The fourth-order valence-electron chi connectivity index (χ4n) is 2.44. The molecule has 0 fully saturated rings. The predicted molar refractivity (Wildman–Crippen MR) is 93.3 cm³/mol. The number of amides is 2. The first-order valence-electron chi connectivity index (χ1n) is 8.13. The standard InChI is InChI=1S/C18H24N4O2/c1-5-16-15(18(24)19-11-17(23)21-12(2)3)10-20-22(16)14-8-6-13(4)7-9-14/h6-10,12H,5,11H2,1-4H3,(H,19,24)(H,21,23). The zero-order chi connectivity index (χ0) is 17.7. The van der Waals surface area contributed by atoms with Gasteiger partial charge in [-0.1, -0.05) is 24.6 Å². The number of hydrogen-bond acceptors (Lipinski definition) is 3. The first kappa shape index (κ1) is 17.7. The highest BCUT2D eigenvalue weighted by Gasteiger charge is 2.17. The van der Waals surface area contributed by atoms with Gasteiger partial charge in [-0.2, -0.15) is 5.10 Å². The van der Waals surface area contributed by atoms with E-state index in [0.29, 0.717) is 12.0 Å². The molecule has 6 heteroatoms. The summed E-state index contributed by atoms with van der Waals surface area (Å²) in [5.41, 5.74) is 3.39. The van der Waals surface area contributed by atoms with Gasteiger partial charge in [-0.3, -0.25) is 9.59 Å². The predicted octanol–water partition coefficient (Wildman–Crippen LogP) is 2.00. The second-order valence-corrected chi connectivity index (χ2v) is 6.01. The molecular weight excluding hydrogens is 304 g/mol. The Labute approximate surface area is 142 Å². The highest BCUT2D eigenvalue weighted by atomic mass is 16.2. The molecular formula is C18H24N4O2. The molecule has 0 spiro atoms. The van der Waals surface area contributed by atoms with Gasteiger partial charge in [-0.25, -0.2) is 4.68 Å². The van der Waals surface area contributed by atoms with Crippen molar-refractivity contribution in [3.63, 3.8) is 0 Å². The molecule has 0 saturated carbocycles. The summed E-state index contributed by atoms with van der Waals surface area (Å²) >= 11 is 0. The van der Waals surface area contributed by atoms with Gasteiger partial charge in [0.05, 0.1) is 29.7 Å². The van der Waals surface area contributed by atoms with Gasteiger partial charge in [-0.05, 0) is 39.3 Å². The molecule has 0 aliphatic heterocycles. The average Bonchev–Trinajstić information content (AvgIpc) is 2.96. The molecule has 1 heterocycles. The molecule has 0 radical (unpaired) electrons. The number of aryl methyl sites for hydroxylation is 1. The van der Waals surface area contributed by atoms with Gasteiger partial charge in [0.2, 0.25) is 5.91 Å². The summed E-state index contributed by atoms with van der Waals surface area (Å²) in [5, 5.41) is 9.73. The van der Waals surface area contributed by atoms with Crippen LogP contribution in [0.15, 0.2) is 30.5 Å². The van der Waals surface area contributed by atoms with E-state index in [4.69, 9.17) is 0 Å². The second-order valence-electron chi connectivity index (χ2n) is 6.01. The molecule has 1 aromatic carbocycles. The number of benzene rings is 1. The van der Waals surface area contributed by atoms with Gasteiger partial charge in [0, 0.05) is 6.04 Å². The lowest BCUT2D eigenvalue weighted by Gasteiger charge is -2.10. The first-order valence-corrected chi connectivity index (χ1v) is 8.13. The van der Waals surface area contributed by atoms with E-state index < -0.39 is 0 Å². The van der Waals surface area contributed by atoms with Crippen LogP contribution >= 0.6 is 0 Å². The molecule has 0 unspecified atom stereocenters. The summed E-state index contributed by atoms with van der Waals surface area (Å²) in [4.78, 5) is 24.0. The Morgan fingerprint density at radius 2 is 1.88 bits per heavy atom. The molecule has 6 nitrogen and oxygen atoms in total. The Kier molecular flexibility index (Phi) is 5.73. The van der Waals surface area contributed by atoms with Gasteiger partial charge in [0.15, 0.2) is 0 Å². The maximum Gasteiger partial charge on any atom is 0.255 e. The van der Waals surface area contributed by atoms with Crippen LogP contribution in [0, 0.1) is 6.92 Å². The number of rotatable bonds is 6. The van der Waals surface area contributed by atoms with Crippen molar-refractivity contribution in [1.82, 2.24) is 20.4 Å². The maximum atomic E-state index is 12.4. The van der Waals surface area contributed by atoms with E-state index >= 15 is 0 Å². The number of aromatic nitrogens is 2. The highest BCUT2D eigenvalue weighted by Crippen LogP contribution is 2.16. The van der Waals surface area contributed by atoms with Gasteiger partial charge in [0.1, 0.15) is 0 Å². The van der Waals surface area contributed by atoms with E-state index in [2.05, 4.69) is 15.7 Å². The average molecular weight is 328 g/mol. The third kappa shape index (κ3) is 4.22. The van der Waals surface area contributed by atoms with E-state index in [0.717, 1.165) is 16.9 Å². The maximum absolute atomic E-state index is 12.4. The van der Waals surface area contributed by atoms with Crippen LogP contribution in [0.5, 0.6) is 0 Å². The number of carbonyl (C=O) groups excluding carboxylic acids is 2. The molecule has 2 aromatic rings. The Hall–Kier alpha value is -2.63. The summed E-state index contributed by atoms with van der Waals surface area (Å²) in [5.74, 6) is -0.494. The quantitative estimate of drug-likeness (QED) is 0.851. The number of carbonyl (C=O) groups is 2. The van der Waals surface area contributed by atoms with Crippen molar-refractivity contribution >= 4 is 11.8 Å². The number of hydrogen-bond donors (Lipinski definition) is 2. The van der Waals surface area contributed by atoms with E-state index in [1.165, 1.54) is 0 Å². The van der Waals surface area contributed by atoms with Gasteiger partial charge >= 0.3 is 0 Å². The number of nitrogens with one attached hydrogen (secondary N) is 2. The Morgan fingerprint density at radius 1 is 1.21 bits per heavy atom. The van der Waals surface area contributed by atoms with Gasteiger partial charge in [-0.15, -0.1) is 0 Å². The molecule has 0 aliphatic rings. The zero-order valence-electron chi connectivity index (χ0n) is 14.6. The summed E-state index contributed by atoms with van der Waals surface area (Å²) < 4.78 is 1.77. The van der Waals surface area contributed by atoms with Crippen molar-refractivity contribution in [2.45, 2.75) is 40.2 Å². The lowest BCUT2D eigenvalue weighted by atomic mass is 10.1. The van der Waals surface area contributed by atoms with Crippen LogP contribution in [0.1, 0.15) is 42.4 Å². The fraction of sp³-hybridized carbons (Fsp3) is 0.389. The third-order valence-electron chi connectivity index (χ3n) is 3.59. The summed E-state index contributed by atoms with van der Waals surface area (Å²) in [6.45, 7) is 7.70. The SMILES string of the molecule is CCc1c(C(=O)NCC(=O)NC(C)C)cnn1-c1ccc(C)cc1. The second kappa shape index (κ2) is 7.77. The largest absolute Gasteiger partial charge is 0.352 e. The lowest BCUT2D eigenvalue weighted by molar-refractivity contribution is -0.120. The van der Waals surface area contributed by atoms with Gasteiger partial charge in [0.25, 0.3) is 5.91 Å². The molecule has 2 N–H and O–H groups in total. The first-order chi connectivity index (χ1) is 11.4. The van der Waals surface area contributed by atoms with Crippen molar-refractivity contribution in [3.8, 4) is 5.69 Å². The van der Waals surface area contributed by atoms with E-state index in [1.807, 2.05) is 52.0 Å². The molecule has 0 atom stereocenters. The summed E-state index contributed by atoms with van der Waals surface area (Å²) in [6.07, 6.45) is 2.21. The molecule has 2 rings (SSSR count). The van der Waals surface area contributed by atoms with Crippen LogP contribution in [0.3, 0.4) is 0 Å². The minimum atomic E-state index is -0.288. The van der Waals surface area contributed by atoms with Crippen LogP contribution in [0.2, 0.25) is 0 Å². The molecule has 1 aromatic heterocycles. The Bertz CT molecular complexity index is 717. The van der Waals surface area contributed by atoms with Crippen molar-refractivity contribution in [3.05, 3.63) is 47.3 Å². The van der Waals surface area contributed by atoms with Crippen molar-refractivity contribution in [2.75, 3.05) is 6.54 Å². The van der Waals surface area contributed by atoms with Crippen LogP contribution in [-0.2, 0) is 11.2 Å². The summed E-state index contributed by atoms with van der Waals surface area (Å²) in [7, 11) is 0. The molecule has 0 saturated heterocycles. The summed E-state index contributed by atoms with van der Waals surface area (Å²) in [6, 6.07) is 8.00. The highest BCUT2D eigenvalue weighted by molar-refractivity contribution is 5.97. The van der Waals surface area contributed by atoms with Crippen LogP contribution in [0.25, 0.3) is 5.69 Å². The van der Waals surface area contributed by atoms with E-state index in [9.17, 15) is 9.59 Å². The number of nitrogens with zero attached hydrogens (tertiary/aromatic N) is 2. The monoisotopic (exact) mass is 328 g/mol. The fourth-order valence-corrected chi connectivity index (χ4v) is 2.44. The Morgan fingerprint density at radius 3 is 2.46 bits per heavy atom. The molecule has 24 heavy (non-hydrogen) atoms. The minimum absolute atomic E-state index is 0.0458. The molecule has 0 aliphatic carbocycles. The van der Waals surface area contributed by atoms with Gasteiger partial charge < -0.3 is 10.6 Å². The van der Waals surface area contributed by atoms with Crippen LogP contribution in [-0.4, -0.2) is 34.2 Å². The molecule has 128 valence electrons. The minimum Gasteiger partial charge on any atom is -0.352 e. The van der Waals surface area contributed by atoms with E-state index in [-0.39, 0.29) is 24.4 Å². The lowest BCUT2D eigenvalue weighted by Crippen LogP contribution is -2.39. The molecule has 0 bridgehead atoms. The van der Waals surface area contributed by atoms with Crippen molar-refractivity contribution in [1.29, 1.82) is 0 Å². The Balaban J connectivity index is 2.15. The topological polar surface area (TPSA) is 76.0 Å².